The van der Waals surface area contributed by atoms with Crippen LogP contribution in [0.15, 0.2) is 0 Å². The third kappa shape index (κ3) is 2.92. The van der Waals surface area contributed by atoms with Crippen LogP contribution < -0.4 is 10.6 Å². The van der Waals surface area contributed by atoms with Crippen molar-refractivity contribution in [2.75, 3.05) is 19.6 Å². The van der Waals surface area contributed by atoms with Crippen LogP contribution >= 0.6 is 0 Å². The van der Waals surface area contributed by atoms with E-state index in [2.05, 4.69) is 10.6 Å². The highest BCUT2D eigenvalue weighted by atomic mass is 16.2. The lowest BCUT2D eigenvalue weighted by molar-refractivity contribution is -0.137. The van der Waals surface area contributed by atoms with E-state index in [1.807, 2.05) is 20.8 Å². The monoisotopic (exact) mass is 213 g/mol. The number of amides is 2. The van der Waals surface area contributed by atoms with Gasteiger partial charge in [-0.05, 0) is 20.8 Å². The molecule has 1 aliphatic rings. The summed E-state index contributed by atoms with van der Waals surface area (Å²) in [6, 6.07) is -0.124. The molecule has 0 saturated carbocycles. The normalized spacial score (nSPS) is 22.0. The van der Waals surface area contributed by atoms with E-state index in [-0.39, 0.29) is 30.4 Å². The fourth-order valence-electron chi connectivity index (χ4n) is 1.65. The molecule has 0 bridgehead atoms. The highest BCUT2D eigenvalue weighted by Gasteiger charge is 2.30. The molecule has 0 aromatic rings. The highest BCUT2D eigenvalue weighted by molar-refractivity contribution is 5.86. The van der Waals surface area contributed by atoms with Gasteiger partial charge in [0.15, 0.2) is 0 Å². The molecular formula is C10H19N3O2. The molecular weight excluding hydrogens is 194 g/mol. The molecule has 0 aliphatic carbocycles. The van der Waals surface area contributed by atoms with Gasteiger partial charge in [0.1, 0.15) is 6.04 Å². The maximum absolute atomic E-state index is 11.6. The molecule has 1 atom stereocenters. The number of nitrogens with one attached hydrogen (secondary N) is 2. The van der Waals surface area contributed by atoms with Gasteiger partial charge in [0.05, 0.1) is 6.54 Å². The maximum Gasteiger partial charge on any atom is 0.238 e. The zero-order chi connectivity index (χ0) is 11.4. The number of hydrogen-bond acceptors (Lipinski definition) is 3. The molecule has 86 valence electrons. The lowest BCUT2D eigenvalue weighted by Crippen LogP contribution is -2.60. The fraction of sp³-hybridized carbons (Fsp3) is 0.800. The van der Waals surface area contributed by atoms with E-state index in [4.69, 9.17) is 0 Å². The molecule has 0 aromatic heterocycles. The van der Waals surface area contributed by atoms with Gasteiger partial charge in [0.2, 0.25) is 11.8 Å². The number of rotatable bonds is 3. The molecule has 1 aliphatic heterocycles. The molecule has 15 heavy (non-hydrogen) atoms. The van der Waals surface area contributed by atoms with E-state index in [9.17, 15) is 9.59 Å². The van der Waals surface area contributed by atoms with Gasteiger partial charge in [-0.15, -0.1) is 0 Å². The van der Waals surface area contributed by atoms with Crippen LogP contribution in [0.2, 0.25) is 0 Å². The Balaban J connectivity index is 2.57. The number of carbonyl (C=O) groups excluding carboxylic acids is 2. The van der Waals surface area contributed by atoms with Crippen molar-refractivity contribution < 1.29 is 9.59 Å². The summed E-state index contributed by atoms with van der Waals surface area (Å²) in [7, 11) is 0. The van der Waals surface area contributed by atoms with Gasteiger partial charge in [0.25, 0.3) is 0 Å². The Morgan fingerprint density at radius 3 is 2.87 bits per heavy atom. The number of piperazine rings is 1. The molecule has 1 fully saturated rings. The fourth-order valence-corrected chi connectivity index (χ4v) is 1.65. The largest absolute Gasteiger partial charge is 0.355 e. The van der Waals surface area contributed by atoms with Gasteiger partial charge >= 0.3 is 0 Å². The van der Waals surface area contributed by atoms with Crippen LogP contribution in [-0.2, 0) is 9.59 Å². The Morgan fingerprint density at radius 1 is 1.67 bits per heavy atom. The number of likely N-dealkylation sites (N-methyl/N-ethyl adjacent to an activating group) is 1. The van der Waals surface area contributed by atoms with Gasteiger partial charge in [-0.3, -0.25) is 14.9 Å². The van der Waals surface area contributed by atoms with Crippen LogP contribution in [0.4, 0.5) is 0 Å². The standard InChI is InChI=1S/C10H19N3O2/c1-4-11-10(15)8-6-13(7(2)3)9(14)5-12-8/h7-8,12H,4-6H2,1-3H3,(H,11,15). The minimum atomic E-state index is -0.273. The van der Waals surface area contributed by atoms with Crippen LogP contribution in [0.5, 0.6) is 0 Å². The van der Waals surface area contributed by atoms with Gasteiger partial charge in [-0.2, -0.15) is 0 Å². The third-order valence-electron chi connectivity index (χ3n) is 2.49. The van der Waals surface area contributed by atoms with Crippen molar-refractivity contribution in [3.05, 3.63) is 0 Å². The average Bonchev–Trinajstić information content (AvgIpc) is 2.18. The lowest BCUT2D eigenvalue weighted by Gasteiger charge is -2.35. The SMILES string of the molecule is CCNC(=O)C1CN(C(C)C)C(=O)CN1. The molecule has 0 radical (unpaired) electrons. The summed E-state index contributed by atoms with van der Waals surface area (Å²) in [5, 5.41) is 5.69. The minimum Gasteiger partial charge on any atom is -0.355 e. The summed E-state index contributed by atoms with van der Waals surface area (Å²) in [4.78, 5) is 24.8. The summed E-state index contributed by atoms with van der Waals surface area (Å²) in [6.45, 7) is 7.12. The molecule has 5 nitrogen and oxygen atoms in total. The molecule has 1 rings (SSSR count). The molecule has 5 heteroatoms. The number of carbonyl (C=O) groups is 2. The zero-order valence-corrected chi connectivity index (χ0v) is 9.54. The van der Waals surface area contributed by atoms with E-state index in [1.54, 1.807) is 4.90 Å². The topological polar surface area (TPSA) is 61.4 Å². The van der Waals surface area contributed by atoms with Crippen LogP contribution in [-0.4, -0.2) is 48.4 Å². The number of nitrogens with zero attached hydrogens (tertiary/aromatic N) is 1. The predicted octanol–water partition coefficient (Wildman–Crippen LogP) is -0.669. The van der Waals surface area contributed by atoms with Crippen LogP contribution in [0.3, 0.4) is 0 Å². The summed E-state index contributed by atoms with van der Waals surface area (Å²) >= 11 is 0. The molecule has 2 N–H and O–H groups in total. The first-order chi connectivity index (χ1) is 7.06. The van der Waals surface area contributed by atoms with Crippen molar-refractivity contribution in [1.29, 1.82) is 0 Å². The molecule has 1 unspecified atom stereocenters. The maximum atomic E-state index is 11.6. The van der Waals surface area contributed by atoms with E-state index < -0.39 is 0 Å². The van der Waals surface area contributed by atoms with E-state index in [0.717, 1.165) is 0 Å². The van der Waals surface area contributed by atoms with E-state index >= 15 is 0 Å². The average molecular weight is 213 g/mol. The second-order valence-corrected chi connectivity index (χ2v) is 3.97. The Hall–Kier alpha value is -1.10. The minimum absolute atomic E-state index is 0.0318. The van der Waals surface area contributed by atoms with E-state index in [1.165, 1.54) is 0 Å². The quantitative estimate of drug-likeness (QED) is 0.653. The van der Waals surface area contributed by atoms with Crippen LogP contribution in [0.1, 0.15) is 20.8 Å². The first-order valence-corrected chi connectivity index (χ1v) is 5.36. The highest BCUT2D eigenvalue weighted by Crippen LogP contribution is 2.05. The van der Waals surface area contributed by atoms with Crippen molar-refractivity contribution >= 4 is 11.8 Å². The Morgan fingerprint density at radius 2 is 2.33 bits per heavy atom. The first-order valence-electron chi connectivity index (χ1n) is 5.36. The summed E-state index contributed by atoms with van der Waals surface area (Å²) < 4.78 is 0. The van der Waals surface area contributed by atoms with Crippen molar-refractivity contribution in [1.82, 2.24) is 15.5 Å². The zero-order valence-electron chi connectivity index (χ0n) is 9.54. The van der Waals surface area contributed by atoms with Crippen molar-refractivity contribution in [2.24, 2.45) is 0 Å². The smallest absolute Gasteiger partial charge is 0.238 e. The number of hydrogen-bond donors (Lipinski definition) is 2. The van der Waals surface area contributed by atoms with Gasteiger partial charge < -0.3 is 10.2 Å². The third-order valence-corrected chi connectivity index (χ3v) is 2.49. The summed E-state index contributed by atoms with van der Waals surface area (Å²) in [5.41, 5.74) is 0. The van der Waals surface area contributed by atoms with Crippen molar-refractivity contribution in [2.45, 2.75) is 32.9 Å². The molecule has 1 saturated heterocycles. The van der Waals surface area contributed by atoms with Gasteiger partial charge in [-0.25, -0.2) is 0 Å². The Kier molecular flexibility index (Phi) is 4.08. The van der Waals surface area contributed by atoms with Gasteiger partial charge in [0, 0.05) is 19.1 Å². The molecule has 0 spiro atoms. The second kappa shape index (κ2) is 5.11. The second-order valence-electron chi connectivity index (χ2n) is 3.97. The van der Waals surface area contributed by atoms with Gasteiger partial charge in [-0.1, -0.05) is 0 Å². The van der Waals surface area contributed by atoms with E-state index in [0.29, 0.717) is 13.1 Å². The lowest BCUT2D eigenvalue weighted by atomic mass is 10.1. The Bertz CT molecular complexity index is 253. The molecule has 2 amide bonds. The van der Waals surface area contributed by atoms with Crippen molar-refractivity contribution in [3.8, 4) is 0 Å². The first kappa shape index (κ1) is 12.0. The van der Waals surface area contributed by atoms with Crippen LogP contribution in [0, 0.1) is 0 Å². The Labute approximate surface area is 90.2 Å². The van der Waals surface area contributed by atoms with Crippen molar-refractivity contribution in [3.63, 3.8) is 0 Å². The predicted molar refractivity (Wildman–Crippen MR) is 57.3 cm³/mol. The summed E-state index contributed by atoms with van der Waals surface area (Å²) in [6.07, 6.45) is 0. The van der Waals surface area contributed by atoms with Crippen LogP contribution in [0.25, 0.3) is 0 Å². The molecule has 1 heterocycles. The molecule has 0 aromatic carbocycles. The summed E-state index contributed by atoms with van der Waals surface area (Å²) in [5.74, 6) is 0.0289.